The first-order valence-corrected chi connectivity index (χ1v) is 7.38. The van der Waals surface area contributed by atoms with Gasteiger partial charge < -0.3 is 10.2 Å². The molecule has 0 amide bonds. The highest BCUT2D eigenvalue weighted by molar-refractivity contribution is 5.34. The maximum Gasteiger partial charge on any atom is 0.269 e. The van der Waals surface area contributed by atoms with Crippen LogP contribution in [-0.2, 0) is 6.54 Å². The number of benzene rings is 1. The van der Waals surface area contributed by atoms with Crippen molar-refractivity contribution in [2.75, 3.05) is 19.6 Å². The normalized spacial score (nSPS) is 17.2. The van der Waals surface area contributed by atoms with E-state index in [-0.39, 0.29) is 10.6 Å². The molecule has 1 fully saturated rings. The molecule has 0 aromatic heterocycles. The minimum absolute atomic E-state index is 0.169. The first kappa shape index (κ1) is 14.9. The van der Waals surface area contributed by atoms with Crippen LogP contribution in [0.5, 0.6) is 0 Å². The molecule has 0 radical (unpaired) electrons. The number of nitro groups is 1. The van der Waals surface area contributed by atoms with E-state index in [9.17, 15) is 10.1 Å². The molecule has 1 aliphatic heterocycles. The summed E-state index contributed by atoms with van der Waals surface area (Å²) in [6.07, 6.45) is 3.54. The summed E-state index contributed by atoms with van der Waals surface area (Å²) in [4.78, 5) is 12.9. The Bertz CT molecular complexity index is 442. The van der Waals surface area contributed by atoms with Crippen LogP contribution in [0.2, 0.25) is 0 Å². The lowest BCUT2D eigenvalue weighted by Crippen LogP contribution is -2.42. The Morgan fingerprint density at radius 2 is 2.15 bits per heavy atom. The second-order valence-electron chi connectivity index (χ2n) is 5.42. The minimum atomic E-state index is -0.341. The third-order valence-electron chi connectivity index (χ3n) is 3.84. The highest BCUT2D eigenvalue weighted by atomic mass is 16.6. The average Bonchev–Trinajstić information content (AvgIpc) is 2.47. The van der Waals surface area contributed by atoms with E-state index < -0.39 is 0 Å². The van der Waals surface area contributed by atoms with Gasteiger partial charge in [-0.2, -0.15) is 0 Å². The van der Waals surface area contributed by atoms with Crippen molar-refractivity contribution in [1.82, 2.24) is 10.2 Å². The fraction of sp³-hybridized carbons (Fsp3) is 0.600. The first-order valence-electron chi connectivity index (χ1n) is 7.38. The van der Waals surface area contributed by atoms with Crippen molar-refractivity contribution in [1.29, 1.82) is 0 Å². The van der Waals surface area contributed by atoms with Crippen LogP contribution < -0.4 is 5.32 Å². The van der Waals surface area contributed by atoms with Gasteiger partial charge >= 0.3 is 0 Å². The standard InChI is InChI=1S/C15H23N3O2/c1-2-8-17-9-6-14(7-10-17)16-12-13-4-3-5-15(11-13)18(19)20/h3-5,11,14,16H,2,6-10,12H2,1H3. The molecular weight excluding hydrogens is 254 g/mol. The van der Waals surface area contributed by atoms with E-state index in [0.717, 1.165) is 31.5 Å². The van der Waals surface area contributed by atoms with Gasteiger partial charge in [0.25, 0.3) is 5.69 Å². The number of nitrogens with one attached hydrogen (secondary N) is 1. The molecule has 1 N–H and O–H groups in total. The van der Waals surface area contributed by atoms with Gasteiger partial charge in [-0.3, -0.25) is 10.1 Å². The van der Waals surface area contributed by atoms with Crippen LogP contribution in [-0.4, -0.2) is 35.5 Å². The molecule has 5 heteroatoms. The Hall–Kier alpha value is -1.46. The van der Waals surface area contributed by atoms with Gasteiger partial charge in [0.05, 0.1) is 4.92 Å². The van der Waals surface area contributed by atoms with Crippen molar-refractivity contribution in [2.45, 2.75) is 38.8 Å². The van der Waals surface area contributed by atoms with Gasteiger partial charge in [-0.1, -0.05) is 19.1 Å². The van der Waals surface area contributed by atoms with Gasteiger partial charge in [0.15, 0.2) is 0 Å². The fourth-order valence-corrected chi connectivity index (χ4v) is 2.72. The van der Waals surface area contributed by atoms with Crippen molar-refractivity contribution < 1.29 is 4.92 Å². The van der Waals surface area contributed by atoms with Crippen molar-refractivity contribution >= 4 is 5.69 Å². The van der Waals surface area contributed by atoms with E-state index in [1.165, 1.54) is 19.0 Å². The molecule has 1 aliphatic rings. The SMILES string of the molecule is CCCN1CCC(NCc2cccc([N+](=O)[O-])c2)CC1. The maximum absolute atomic E-state index is 10.7. The van der Waals surface area contributed by atoms with Crippen LogP contribution in [0.15, 0.2) is 24.3 Å². The van der Waals surface area contributed by atoms with Crippen LogP contribution in [0.4, 0.5) is 5.69 Å². The molecule has 0 unspecified atom stereocenters. The molecule has 2 rings (SSSR count). The van der Waals surface area contributed by atoms with E-state index >= 15 is 0 Å². The van der Waals surface area contributed by atoms with Gasteiger partial charge in [-0.15, -0.1) is 0 Å². The summed E-state index contributed by atoms with van der Waals surface area (Å²) >= 11 is 0. The molecule has 110 valence electrons. The maximum atomic E-state index is 10.7. The van der Waals surface area contributed by atoms with E-state index in [1.54, 1.807) is 12.1 Å². The predicted molar refractivity (Wildman–Crippen MR) is 79.7 cm³/mol. The summed E-state index contributed by atoms with van der Waals surface area (Å²) in [5.74, 6) is 0. The van der Waals surface area contributed by atoms with Crippen LogP contribution in [0.25, 0.3) is 0 Å². The van der Waals surface area contributed by atoms with Crippen molar-refractivity contribution in [3.8, 4) is 0 Å². The van der Waals surface area contributed by atoms with Crippen LogP contribution in [0.3, 0.4) is 0 Å². The zero-order chi connectivity index (χ0) is 14.4. The third-order valence-corrected chi connectivity index (χ3v) is 3.84. The molecule has 5 nitrogen and oxygen atoms in total. The van der Waals surface area contributed by atoms with Gasteiger partial charge in [-0.25, -0.2) is 0 Å². The quantitative estimate of drug-likeness (QED) is 0.641. The summed E-state index contributed by atoms with van der Waals surface area (Å²) in [7, 11) is 0. The third kappa shape index (κ3) is 4.28. The largest absolute Gasteiger partial charge is 0.310 e. The van der Waals surface area contributed by atoms with E-state index in [4.69, 9.17) is 0 Å². The van der Waals surface area contributed by atoms with Gasteiger partial charge in [0.1, 0.15) is 0 Å². The number of hydrogen-bond donors (Lipinski definition) is 1. The van der Waals surface area contributed by atoms with Crippen LogP contribution in [0, 0.1) is 10.1 Å². The summed E-state index contributed by atoms with van der Waals surface area (Å²) < 4.78 is 0. The molecule has 1 heterocycles. The number of rotatable bonds is 6. The predicted octanol–water partition coefficient (Wildman–Crippen LogP) is 2.56. The molecule has 0 aliphatic carbocycles. The van der Waals surface area contributed by atoms with E-state index in [0.29, 0.717) is 12.6 Å². The molecule has 1 aromatic rings. The zero-order valence-electron chi connectivity index (χ0n) is 12.0. The Labute approximate surface area is 120 Å². The Kier molecular flexibility index (Phi) is 5.49. The first-order chi connectivity index (χ1) is 9.69. The number of hydrogen-bond acceptors (Lipinski definition) is 4. The molecule has 1 saturated heterocycles. The molecule has 0 saturated carbocycles. The zero-order valence-corrected chi connectivity index (χ0v) is 12.0. The number of nitro benzene ring substituents is 1. The lowest BCUT2D eigenvalue weighted by Gasteiger charge is -2.32. The number of likely N-dealkylation sites (tertiary alicyclic amines) is 1. The average molecular weight is 277 g/mol. The highest BCUT2D eigenvalue weighted by Crippen LogP contribution is 2.15. The van der Waals surface area contributed by atoms with Crippen molar-refractivity contribution in [2.24, 2.45) is 0 Å². The highest BCUT2D eigenvalue weighted by Gasteiger charge is 2.18. The Morgan fingerprint density at radius 3 is 2.80 bits per heavy atom. The summed E-state index contributed by atoms with van der Waals surface area (Å²) in [6.45, 7) is 6.42. The smallest absolute Gasteiger partial charge is 0.269 e. The summed E-state index contributed by atoms with van der Waals surface area (Å²) in [5.41, 5.74) is 1.15. The minimum Gasteiger partial charge on any atom is -0.310 e. The van der Waals surface area contributed by atoms with E-state index in [2.05, 4.69) is 17.1 Å². The monoisotopic (exact) mass is 277 g/mol. The fourth-order valence-electron chi connectivity index (χ4n) is 2.72. The van der Waals surface area contributed by atoms with Crippen molar-refractivity contribution in [3.05, 3.63) is 39.9 Å². The van der Waals surface area contributed by atoms with Gasteiger partial charge in [0, 0.05) is 24.7 Å². The molecular formula is C15H23N3O2. The second-order valence-corrected chi connectivity index (χ2v) is 5.42. The van der Waals surface area contributed by atoms with Crippen LogP contribution in [0.1, 0.15) is 31.7 Å². The summed E-state index contributed by atoms with van der Waals surface area (Å²) in [5, 5.41) is 14.3. The number of non-ortho nitro benzene ring substituents is 1. The molecule has 1 aromatic carbocycles. The molecule has 20 heavy (non-hydrogen) atoms. The lowest BCUT2D eigenvalue weighted by molar-refractivity contribution is -0.384. The molecule has 0 spiro atoms. The van der Waals surface area contributed by atoms with E-state index in [1.807, 2.05) is 6.07 Å². The topological polar surface area (TPSA) is 58.4 Å². The second kappa shape index (κ2) is 7.36. The Balaban J connectivity index is 1.78. The number of piperidine rings is 1. The van der Waals surface area contributed by atoms with Crippen LogP contribution >= 0.6 is 0 Å². The molecule has 0 bridgehead atoms. The van der Waals surface area contributed by atoms with Gasteiger partial charge in [-0.05, 0) is 44.5 Å². The lowest BCUT2D eigenvalue weighted by atomic mass is 10.0. The van der Waals surface area contributed by atoms with Gasteiger partial charge in [0.2, 0.25) is 0 Å². The number of nitrogens with zero attached hydrogens (tertiary/aromatic N) is 2. The molecule has 0 atom stereocenters. The Morgan fingerprint density at radius 1 is 1.40 bits per heavy atom. The van der Waals surface area contributed by atoms with Crippen molar-refractivity contribution in [3.63, 3.8) is 0 Å². The summed E-state index contributed by atoms with van der Waals surface area (Å²) in [6, 6.07) is 7.40.